The molecular formula is C20H25N3O3. The first-order valence-electron chi connectivity index (χ1n) is 9.00. The summed E-state index contributed by atoms with van der Waals surface area (Å²) in [6, 6.07) is 11.4. The molecule has 1 aliphatic heterocycles. The number of nitrogens with zero attached hydrogens (tertiary/aromatic N) is 3. The molecule has 0 radical (unpaired) electrons. The van der Waals surface area contributed by atoms with E-state index in [1.54, 1.807) is 17.0 Å². The standard InChI is InChI=1S/C20H25N3O3/c1-3-23(17-7-4-6-16(2)14-17)19(24)15-21-9-11-22(12-10-21)20(25)18-8-5-13-26-18/h4-8,13-14H,3,9-12,15H2,1-2H3. The van der Waals surface area contributed by atoms with Crippen molar-refractivity contribution >= 4 is 17.5 Å². The number of rotatable bonds is 5. The lowest BCUT2D eigenvalue weighted by Gasteiger charge is -2.35. The Hall–Kier alpha value is -2.60. The van der Waals surface area contributed by atoms with Crippen LogP contribution in [0.1, 0.15) is 23.0 Å². The minimum atomic E-state index is -0.0871. The number of hydrogen-bond acceptors (Lipinski definition) is 4. The molecular weight excluding hydrogens is 330 g/mol. The van der Waals surface area contributed by atoms with Gasteiger partial charge in [-0.25, -0.2) is 0 Å². The summed E-state index contributed by atoms with van der Waals surface area (Å²) in [4.78, 5) is 30.7. The number of furan rings is 1. The Morgan fingerprint density at radius 3 is 2.50 bits per heavy atom. The Balaban J connectivity index is 1.55. The van der Waals surface area contributed by atoms with Crippen molar-refractivity contribution in [3.05, 3.63) is 54.0 Å². The Labute approximate surface area is 154 Å². The van der Waals surface area contributed by atoms with Crippen molar-refractivity contribution in [2.24, 2.45) is 0 Å². The van der Waals surface area contributed by atoms with Gasteiger partial charge in [-0.1, -0.05) is 12.1 Å². The highest BCUT2D eigenvalue weighted by Gasteiger charge is 2.26. The Morgan fingerprint density at radius 2 is 1.88 bits per heavy atom. The van der Waals surface area contributed by atoms with Gasteiger partial charge < -0.3 is 14.2 Å². The number of carbonyl (C=O) groups is 2. The van der Waals surface area contributed by atoms with Crippen LogP contribution in [0.15, 0.2) is 47.1 Å². The molecule has 2 heterocycles. The molecule has 2 aromatic rings. The zero-order valence-electron chi connectivity index (χ0n) is 15.4. The molecule has 26 heavy (non-hydrogen) atoms. The Bertz CT molecular complexity index is 749. The maximum absolute atomic E-state index is 12.7. The predicted molar refractivity (Wildman–Crippen MR) is 100 cm³/mol. The molecule has 138 valence electrons. The number of aryl methyl sites for hydroxylation is 1. The molecule has 2 amide bonds. The van der Waals surface area contributed by atoms with E-state index in [0.717, 1.165) is 11.3 Å². The summed E-state index contributed by atoms with van der Waals surface area (Å²) in [6.45, 7) is 7.58. The van der Waals surface area contributed by atoms with Crippen LogP contribution >= 0.6 is 0 Å². The second kappa shape index (κ2) is 8.19. The molecule has 1 saturated heterocycles. The number of hydrogen-bond donors (Lipinski definition) is 0. The van der Waals surface area contributed by atoms with Gasteiger partial charge in [0, 0.05) is 38.4 Å². The van der Waals surface area contributed by atoms with Gasteiger partial charge in [0.15, 0.2) is 5.76 Å². The number of benzene rings is 1. The number of likely N-dealkylation sites (N-methyl/N-ethyl adjacent to an activating group) is 1. The van der Waals surface area contributed by atoms with Crippen LogP contribution in [0.2, 0.25) is 0 Å². The highest BCUT2D eigenvalue weighted by Crippen LogP contribution is 2.17. The summed E-state index contributed by atoms with van der Waals surface area (Å²) in [5.74, 6) is 0.367. The van der Waals surface area contributed by atoms with Gasteiger partial charge in [-0.15, -0.1) is 0 Å². The molecule has 3 rings (SSSR count). The largest absolute Gasteiger partial charge is 0.459 e. The maximum Gasteiger partial charge on any atom is 0.289 e. The van der Waals surface area contributed by atoms with E-state index in [1.165, 1.54) is 6.26 Å². The van der Waals surface area contributed by atoms with E-state index in [2.05, 4.69) is 4.90 Å². The van der Waals surface area contributed by atoms with Crippen molar-refractivity contribution in [1.82, 2.24) is 9.80 Å². The molecule has 0 bridgehead atoms. The minimum absolute atomic E-state index is 0.0870. The summed E-state index contributed by atoms with van der Waals surface area (Å²) >= 11 is 0. The summed E-state index contributed by atoms with van der Waals surface area (Å²) in [7, 11) is 0. The fourth-order valence-corrected chi connectivity index (χ4v) is 3.24. The van der Waals surface area contributed by atoms with Crippen LogP contribution in [0.5, 0.6) is 0 Å². The predicted octanol–water partition coefficient (Wildman–Crippen LogP) is 2.40. The van der Waals surface area contributed by atoms with Crippen LogP contribution in [-0.4, -0.2) is 60.9 Å². The Morgan fingerprint density at radius 1 is 1.12 bits per heavy atom. The van der Waals surface area contributed by atoms with Crippen LogP contribution in [0.4, 0.5) is 5.69 Å². The lowest BCUT2D eigenvalue weighted by atomic mass is 10.2. The first kappa shape index (κ1) is 18.2. The van der Waals surface area contributed by atoms with E-state index in [0.29, 0.717) is 45.0 Å². The Kier molecular flexibility index (Phi) is 5.73. The normalized spacial score (nSPS) is 15.1. The molecule has 0 saturated carbocycles. The number of anilines is 1. The summed E-state index contributed by atoms with van der Waals surface area (Å²) in [5.41, 5.74) is 2.07. The molecule has 1 aromatic carbocycles. The van der Waals surface area contributed by atoms with E-state index in [9.17, 15) is 9.59 Å². The maximum atomic E-state index is 12.7. The zero-order chi connectivity index (χ0) is 18.5. The van der Waals surface area contributed by atoms with Gasteiger partial charge >= 0.3 is 0 Å². The zero-order valence-corrected chi connectivity index (χ0v) is 15.4. The third-order valence-electron chi connectivity index (χ3n) is 4.68. The van der Waals surface area contributed by atoms with Crippen molar-refractivity contribution in [3.63, 3.8) is 0 Å². The van der Waals surface area contributed by atoms with Gasteiger partial charge in [-0.3, -0.25) is 14.5 Å². The van der Waals surface area contributed by atoms with E-state index >= 15 is 0 Å². The van der Waals surface area contributed by atoms with E-state index in [4.69, 9.17) is 4.42 Å². The van der Waals surface area contributed by atoms with E-state index in [1.807, 2.05) is 43.0 Å². The number of carbonyl (C=O) groups excluding carboxylic acids is 2. The second-order valence-corrected chi connectivity index (χ2v) is 6.52. The number of amides is 2. The first-order chi connectivity index (χ1) is 12.6. The summed E-state index contributed by atoms with van der Waals surface area (Å²) in [6.07, 6.45) is 1.51. The van der Waals surface area contributed by atoms with Crippen molar-refractivity contribution in [3.8, 4) is 0 Å². The van der Waals surface area contributed by atoms with Crippen LogP contribution in [0, 0.1) is 6.92 Å². The lowest BCUT2D eigenvalue weighted by molar-refractivity contribution is -0.120. The monoisotopic (exact) mass is 355 g/mol. The van der Waals surface area contributed by atoms with E-state index in [-0.39, 0.29) is 11.8 Å². The second-order valence-electron chi connectivity index (χ2n) is 6.52. The average Bonchev–Trinajstić information content (AvgIpc) is 3.17. The molecule has 0 unspecified atom stereocenters. The van der Waals surface area contributed by atoms with Gasteiger partial charge in [0.2, 0.25) is 5.91 Å². The molecule has 0 spiro atoms. The van der Waals surface area contributed by atoms with Gasteiger partial charge in [-0.05, 0) is 43.7 Å². The first-order valence-corrected chi connectivity index (χ1v) is 9.00. The highest BCUT2D eigenvalue weighted by molar-refractivity contribution is 5.95. The highest BCUT2D eigenvalue weighted by atomic mass is 16.3. The fourth-order valence-electron chi connectivity index (χ4n) is 3.24. The molecule has 0 N–H and O–H groups in total. The van der Waals surface area contributed by atoms with Gasteiger partial charge in [-0.2, -0.15) is 0 Å². The molecule has 1 fully saturated rings. The van der Waals surface area contributed by atoms with Crippen LogP contribution in [0.25, 0.3) is 0 Å². The third-order valence-corrected chi connectivity index (χ3v) is 4.68. The van der Waals surface area contributed by atoms with Crippen molar-refractivity contribution in [2.45, 2.75) is 13.8 Å². The number of piperazine rings is 1. The summed E-state index contributed by atoms with van der Waals surface area (Å²) < 4.78 is 5.18. The fraction of sp³-hybridized carbons (Fsp3) is 0.400. The van der Waals surface area contributed by atoms with Crippen LogP contribution < -0.4 is 4.90 Å². The topological polar surface area (TPSA) is 57.0 Å². The molecule has 0 atom stereocenters. The van der Waals surface area contributed by atoms with Crippen molar-refractivity contribution in [2.75, 3.05) is 44.2 Å². The molecule has 0 aliphatic carbocycles. The SMILES string of the molecule is CCN(C(=O)CN1CCN(C(=O)c2ccco2)CC1)c1cccc(C)c1. The molecule has 1 aliphatic rings. The summed E-state index contributed by atoms with van der Waals surface area (Å²) in [5, 5.41) is 0. The minimum Gasteiger partial charge on any atom is -0.459 e. The third kappa shape index (κ3) is 4.14. The molecule has 6 nitrogen and oxygen atoms in total. The molecule has 1 aromatic heterocycles. The van der Waals surface area contributed by atoms with Gasteiger partial charge in [0.05, 0.1) is 12.8 Å². The van der Waals surface area contributed by atoms with Crippen molar-refractivity contribution < 1.29 is 14.0 Å². The van der Waals surface area contributed by atoms with Gasteiger partial charge in [0.1, 0.15) is 0 Å². The van der Waals surface area contributed by atoms with Crippen molar-refractivity contribution in [1.29, 1.82) is 0 Å². The molecule has 6 heteroatoms. The van der Waals surface area contributed by atoms with Gasteiger partial charge in [0.25, 0.3) is 5.91 Å². The van der Waals surface area contributed by atoms with Crippen LogP contribution in [-0.2, 0) is 4.79 Å². The smallest absolute Gasteiger partial charge is 0.289 e. The van der Waals surface area contributed by atoms with Crippen LogP contribution in [0.3, 0.4) is 0 Å². The average molecular weight is 355 g/mol. The quantitative estimate of drug-likeness (QED) is 0.826. The van der Waals surface area contributed by atoms with E-state index < -0.39 is 0 Å². The lowest BCUT2D eigenvalue weighted by Crippen LogP contribution is -2.51.